The van der Waals surface area contributed by atoms with E-state index in [-0.39, 0.29) is 17.9 Å². The lowest BCUT2D eigenvalue weighted by Crippen LogP contribution is -2.66. The fraction of sp³-hybridized carbons (Fsp3) is 0.950. The predicted octanol–water partition coefficient (Wildman–Crippen LogP) is 2.14. The fourth-order valence-electron chi connectivity index (χ4n) is 3.51. The van der Waals surface area contributed by atoms with Crippen LogP contribution in [0.1, 0.15) is 79.1 Å². The highest BCUT2D eigenvalue weighted by Gasteiger charge is 2.48. The monoisotopic (exact) mass is 373 g/mol. The molecule has 26 heavy (non-hydrogen) atoms. The molecule has 0 spiro atoms. The van der Waals surface area contributed by atoms with Gasteiger partial charge in [-0.15, -0.1) is 0 Å². The molecule has 1 heterocycles. The summed E-state index contributed by atoms with van der Waals surface area (Å²) in [6.07, 6.45) is 4.74. The molecule has 4 N–H and O–H groups in total. The Bertz CT molecular complexity index is 409. The maximum Gasteiger partial charge on any atom is 0.220 e. The minimum atomic E-state index is -1.13. The first-order valence-electron chi connectivity index (χ1n) is 10.1. The minimum absolute atomic E-state index is 0.173. The van der Waals surface area contributed by atoms with Crippen LogP contribution in [0.2, 0.25) is 0 Å². The van der Waals surface area contributed by atoms with Gasteiger partial charge in [0, 0.05) is 6.42 Å². The SMILES string of the molecule is CCCCCCCCCC(=O)N[C@@H]1C(O)[C@H](C(C)(C)C)OC(CO)[C@H]1O. The highest BCUT2D eigenvalue weighted by Crippen LogP contribution is 2.33. The summed E-state index contributed by atoms with van der Waals surface area (Å²) in [7, 11) is 0. The number of hydrogen-bond acceptors (Lipinski definition) is 5. The Labute approximate surface area is 158 Å². The van der Waals surface area contributed by atoms with Gasteiger partial charge in [-0.05, 0) is 11.8 Å². The van der Waals surface area contributed by atoms with Crippen molar-refractivity contribution in [2.45, 2.75) is 110 Å². The smallest absolute Gasteiger partial charge is 0.220 e. The van der Waals surface area contributed by atoms with E-state index in [2.05, 4.69) is 12.2 Å². The maximum atomic E-state index is 12.3. The molecule has 0 aromatic heterocycles. The first kappa shape index (κ1) is 23.3. The van der Waals surface area contributed by atoms with Crippen LogP contribution in [0.15, 0.2) is 0 Å². The highest BCUT2D eigenvalue weighted by molar-refractivity contribution is 5.76. The largest absolute Gasteiger partial charge is 0.394 e. The molecule has 2 unspecified atom stereocenters. The number of unbranched alkanes of at least 4 members (excludes halogenated alkanes) is 6. The van der Waals surface area contributed by atoms with Crippen LogP contribution in [0.4, 0.5) is 0 Å². The zero-order valence-corrected chi connectivity index (χ0v) is 16.9. The summed E-state index contributed by atoms with van der Waals surface area (Å²) in [5, 5.41) is 33.2. The van der Waals surface area contributed by atoms with Gasteiger partial charge in [0.2, 0.25) is 5.91 Å². The molecule has 0 aromatic carbocycles. The molecule has 1 saturated heterocycles. The molecule has 154 valence electrons. The van der Waals surface area contributed by atoms with Crippen LogP contribution < -0.4 is 5.32 Å². The predicted molar refractivity (Wildman–Crippen MR) is 102 cm³/mol. The van der Waals surface area contributed by atoms with Crippen molar-refractivity contribution in [2.24, 2.45) is 5.41 Å². The number of amides is 1. The van der Waals surface area contributed by atoms with Crippen LogP contribution >= 0.6 is 0 Å². The Hall–Kier alpha value is -0.690. The van der Waals surface area contributed by atoms with E-state index in [0.717, 1.165) is 19.3 Å². The molecule has 0 aliphatic carbocycles. The fourth-order valence-corrected chi connectivity index (χ4v) is 3.51. The molecule has 0 bridgehead atoms. The topological polar surface area (TPSA) is 99.0 Å². The number of aliphatic hydroxyl groups is 3. The Morgan fingerprint density at radius 2 is 1.58 bits per heavy atom. The summed E-state index contributed by atoms with van der Waals surface area (Å²) in [5.74, 6) is -0.173. The standard InChI is InChI=1S/C20H39NO5/c1-5-6-7-8-9-10-11-12-15(23)21-16-17(24)14(13-22)26-19(18(16)25)20(2,3)4/h14,16-19,22,24-25H,5-13H2,1-4H3,(H,21,23)/t14?,16-,17+,18?,19+/m0/s1. The van der Waals surface area contributed by atoms with Gasteiger partial charge in [0.15, 0.2) is 0 Å². The number of carbonyl (C=O) groups is 1. The Morgan fingerprint density at radius 3 is 2.12 bits per heavy atom. The molecular formula is C20H39NO5. The average Bonchev–Trinajstić information content (AvgIpc) is 2.57. The molecule has 1 aliphatic rings. The second kappa shape index (κ2) is 11.2. The number of carbonyl (C=O) groups excluding carboxylic acids is 1. The Kier molecular flexibility index (Phi) is 10.1. The van der Waals surface area contributed by atoms with Gasteiger partial charge in [-0.3, -0.25) is 4.79 Å². The van der Waals surface area contributed by atoms with Crippen molar-refractivity contribution in [1.29, 1.82) is 0 Å². The van der Waals surface area contributed by atoms with Gasteiger partial charge in [0.1, 0.15) is 18.3 Å². The van der Waals surface area contributed by atoms with Crippen molar-refractivity contribution in [2.75, 3.05) is 6.61 Å². The molecular weight excluding hydrogens is 334 g/mol. The van der Waals surface area contributed by atoms with Crippen molar-refractivity contribution in [3.63, 3.8) is 0 Å². The molecule has 0 aromatic rings. The molecule has 6 heteroatoms. The Morgan fingerprint density at radius 1 is 1.00 bits per heavy atom. The van der Waals surface area contributed by atoms with Crippen molar-refractivity contribution in [3.8, 4) is 0 Å². The van der Waals surface area contributed by atoms with E-state index >= 15 is 0 Å². The number of ether oxygens (including phenoxy) is 1. The van der Waals surface area contributed by atoms with Crippen LogP contribution in [0.5, 0.6) is 0 Å². The van der Waals surface area contributed by atoms with Gasteiger partial charge in [0.25, 0.3) is 0 Å². The van der Waals surface area contributed by atoms with E-state index in [1.165, 1.54) is 25.7 Å². The zero-order valence-electron chi connectivity index (χ0n) is 16.9. The molecule has 0 saturated carbocycles. The highest BCUT2D eigenvalue weighted by atomic mass is 16.5. The maximum absolute atomic E-state index is 12.3. The van der Waals surface area contributed by atoms with Crippen molar-refractivity contribution >= 4 is 5.91 Å². The summed E-state index contributed by atoms with van der Waals surface area (Å²) in [5.41, 5.74) is -0.381. The quantitative estimate of drug-likeness (QED) is 0.440. The van der Waals surface area contributed by atoms with Crippen LogP contribution in [-0.2, 0) is 9.53 Å². The second-order valence-electron chi connectivity index (χ2n) is 8.59. The molecule has 1 rings (SSSR count). The molecule has 1 amide bonds. The number of nitrogens with one attached hydrogen (secondary N) is 1. The summed E-state index contributed by atoms with van der Waals surface area (Å²) in [6, 6.07) is -0.831. The van der Waals surface area contributed by atoms with E-state index in [4.69, 9.17) is 4.74 Å². The third kappa shape index (κ3) is 7.14. The van der Waals surface area contributed by atoms with Crippen molar-refractivity contribution in [1.82, 2.24) is 5.32 Å². The normalized spacial score (nSPS) is 29.6. The van der Waals surface area contributed by atoms with Gasteiger partial charge in [-0.2, -0.15) is 0 Å². The third-order valence-electron chi connectivity index (χ3n) is 5.12. The Balaban J connectivity index is 2.49. The minimum Gasteiger partial charge on any atom is -0.394 e. The van der Waals surface area contributed by atoms with E-state index in [9.17, 15) is 20.1 Å². The van der Waals surface area contributed by atoms with Gasteiger partial charge >= 0.3 is 0 Å². The number of hydrogen-bond donors (Lipinski definition) is 4. The summed E-state index contributed by atoms with van der Waals surface area (Å²) >= 11 is 0. The van der Waals surface area contributed by atoms with Crippen molar-refractivity contribution in [3.05, 3.63) is 0 Å². The van der Waals surface area contributed by atoms with E-state index in [0.29, 0.717) is 6.42 Å². The summed E-state index contributed by atoms with van der Waals surface area (Å²) in [4.78, 5) is 12.3. The van der Waals surface area contributed by atoms with E-state index in [1.54, 1.807) is 0 Å². The van der Waals surface area contributed by atoms with Gasteiger partial charge in [0.05, 0.1) is 18.8 Å². The first-order valence-corrected chi connectivity index (χ1v) is 10.1. The third-order valence-corrected chi connectivity index (χ3v) is 5.12. The van der Waals surface area contributed by atoms with Crippen LogP contribution in [0, 0.1) is 5.41 Å². The van der Waals surface area contributed by atoms with Gasteiger partial charge in [-0.1, -0.05) is 66.2 Å². The molecule has 5 atom stereocenters. The molecule has 6 nitrogen and oxygen atoms in total. The number of aliphatic hydroxyl groups excluding tert-OH is 3. The summed E-state index contributed by atoms with van der Waals surface area (Å²) in [6.45, 7) is 7.60. The molecule has 1 aliphatic heterocycles. The lowest BCUT2D eigenvalue weighted by Gasteiger charge is -2.47. The van der Waals surface area contributed by atoms with E-state index < -0.39 is 30.5 Å². The van der Waals surface area contributed by atoms with Crippen LogP contribution in [0.25, 0.3) is 0 Å². The van der Waals surface area contributed by atoms with Gasteiger partial charge in [-0.25, -0.2) is 0 Å². The second-order valence-corrected chi connectivity index (χ2v) is 8.59. The van der Waals surface area contributed by atoms with Crippen molar-refractivity contribution < 1.29 is 24.9 Å². The molecule has 0 radical (unpaired) electrons. The van der Waals surface area contributed by atoms with Crippen LogP contribution in [0.3, 0.4) is 0 Å². The first-order chi connectivity index (χ1) is 12.2. The lowest BCUT2D eigenvalue weighted by molar-refractivity contribution is -0.220. The van der Waals surface area contributed by atoms with E-state index in [1.807, 2.05) is 20.8 Å². The average molecular weight is 374 g/mol. The summed E-state index contributed by atoms with van der Waals surface area (Å²) < 4.78 is 5.68. The van der Waals surface area contributed by atoms with Gasteiger partial charge < -0.3 is 25.4 Å². The number of rotatable bonds is 10. The molecule has 1 fully saturated rings. The van der Waals surface area contributed by atoms with Crippen LogP contribution in [-0.4, -0.2) is 58.3 Å². The zero-order chi connectivity index (χ0) is 19.7. The lowest BCUT2D eigenvalue weighted by atomic mass is 9.79.